The van der Waals surface area contributed by atoms with Crippen LogP contribution in [0.2, 0.25) is 0 Å². The minimum Gasteiger partial charge on any atom is -0.487 e. The Bertz CT molecular complexity index is 649. The molecule has 1 spiro atoms. The van der Waals surface area contributed by atoms with Crippen molar-refractivity contribution < 1.29 is 27.5 Å². The quantitative estimate of drug-likeness (QED) is 0.756. The van der Waals surface area contributed by atoms with Gasteiger partial charge in [0.1, 0.15) is 5.60 Å². The highest BCUT2D eigenvalue weighted by atomic mass is 19.4. The molecule has 7 heteroatoms. The zero-order valence-corrected chi connectivity index (χ0v) is 14.4. The molecule has 2 aliphatic rings. The Morgan fingerprint density at radius 2 is 1.92 bits per heavy atom. The summed E-state index contributed by atoms with van der Waals surface area (Å²) in [6, 6.07) is 4.89. The van der Waals surface area contributed by atoms with Crippen molar-refractivity contribution in [1.29, 1.82) is 0 Å². The molecule has 0 saturated heterocycles. The summed E-state index contributed by atoms with van der Waals surface area (Å²) in [5.41, 5.74) is 1.40. The summed E-state index contributed by atoms with van der Waals surface area (Å²) < 4.78 is 47.8. The van der Waals surface area contributed by atoms with Gasteiger partial charge in [-0.15, -0.1) is 0 Å². The highest BCUT2D eigenvalue weighted by Crippen LogP contribution is 2.41. The van der Waals surface area contributed by atoms with Gasteiger partial charge in [-0.25, -0.2) is 0 Å². The van der Waals surface area contributed by atoms with Crippen molar-refractivity contribution in [1.82, 2.24) is 0 Å². The number of hydrogen-bond acceptors (Lipinski definition) is 4. The zero-order valence-electron chi connectivity index (χ0n) is 14.4. The van der Waals surface area contributed by atoms with Gasteiger partial charge in [0.05, 0.1) is 11.8 Å². The van der Waals surface area contributed by atoms with Crippen LogP contribution < -0.4 is 9.47 Å². The molecular formula is C18H22F3NO3. The second kappa shape index (κ2) is 6.77. The van der Waals surface area contributed by atoms with Crippen LogP contribution in [-0.2, 0) is 4.84 Å². The third kappa shape index (κ3) is 4.38. The van der Waals surface area contributed by atoms with E-state index in [0.717, 1.165) is 43.4 Å². The molecule has 0 aromatic heterocycles. The summed E-state index contributed by atoms with van der Waals surface area (Å²) in [5.74, 6) is 0.358. The number of alkyl halides is 3. The van der Waals surface area contributed by atoms with Crippen LogP contribution in [-0.4, -0.2) is 30.2 Å². The van der Waals surface area contributed by atoms with Crippen LogP contribution in [0.3, 0.4) is 0 Å². The predicted octanol–water partition coefficient (Wildman–Crippen LogP) is 4.85. The van der Waals surface area contributed by atoms with Crippen molar-refractivity contribution in [2.75, 3.05) is 6.61 Å². The summed E-state index contributed by atoms with van der Waals surface area (Å²) in [6.45, 7) is 2.27. The molecule has 25 heavy (non-hydrogen) atoms. The molecule has 0 bridgehead atoms. The molecule has 0 amide bonds. The highest BCUT2D eigenvalue weighted by molar-refractivity contribution is 6.02. The van der Waals surface area contributed by atoms with Crippen molar-refractivity contribution in [3.63, 3.8) is 0 Å². The summed E-state index contributed by atoms with van der Waals surface area (Å²) >= 11 is 0. The van der Waals surface area contributed by atoms with Gasteiger partial charge in [-0.3, -0.25) is 0 Å². The van der Waals surface area contributed by atoms with Crippen molar-refractivity contribution in [2.45, 2.75) is 63.8 Å². The van der Waals surface area contributed by atoms with Gasteiger partial charge in [-0.05, 0) is 57.7 Å². The van der Waals surface area contributed by atoms with E-state index in [9.17, 15) is 13.2 Å². The highest BCUT2D eigenvalue weighted by Gasteiger charge is 2.42. The smallest absolute Gasteiger partial charge is 0.422 e. The summed E-state index contributed by atoms with van der Waals surface area (Å²) in [4.78, 5) is 5.68. The van der Waals surface area contributed by atoms with Gasteiger partial charge in [0.15, 0.2) is 18.1 Å². The van der Waals surface area contributed by atoms with Crippen LogP contribution in [0.4, 0.5) is 13.2 Å². The maximum atomic E-state index is 12.4. The van der Waals surface area contributed by atoms with Gasteiger partial charge >= 0.3 is 6.18 Å². The van der Waals surface area contributed by atoms with E-state index in [2.05, 4.69) is 5.16 Å². The molecule has 1 aliphatic carbocycles. The van der Waals surface area contributed by atoms with Crippen LogP contribution in [0, 0.1) is 0 Å². The van der Waals surface area contributed by atoms with Crippen molar-refractivity contribution in [2.24, 2.45) is 5.16 Å². The molecule has 1 saturated carbocycles. The maximum Gasteiger partial charge on any atom is 0.422 e. The molecule has 3 rings (SSSR count). The standard InChI is InChI=1S/C18H22F3NO3/c1-12(2)24-16-9-13(5-6-15(16)23-11-18(19,20)21)14-10-17(25-22-14)7-3-4-8-17/h5-6,9,12H,3-4,7-8,10-11H2,1-2H3. The lowest BCUT2D eigenvalue weighted by molar-refractivity contribution is -0.153. The fraction of sp³-hybridized carbons (Fsp3) is 0.611. The average Bonchev–Trinajstić information content (AvgIpc) is 3.15. The number of halogens is 3. The first-order chi connectivity index (χ1) is 11.8. The monoisotopic (exact) mass is 357 g/mol. The van der Waals surface area contributed by atoms with Gasteiger partial charge in [0.2, 0.25) is 0 Å². The van der Waals surface area contributed by atoms with E-state index in [1.54, 1.807) is 12.1 Å². The third-order valence-corrected chi connectivity index (χ3v) is 4.38. The van der Waals surface area contributed by atoms with E-state index in [0.29, 0.717) is 0 Å². The molecule has 1 heterocycles. The summed E-state index contributed by atoms with van der Waals surface area (Å²) in [7, 11) is 0. The lowest BCUT2D eigenvalue weighted by Gasteiger charge is -2.19. The van der Waals surface area contributed by atoms with Crippen LogP contribution in [0.5, 0.6) is 11.5 Å². The van der Waals surface area contributed by atoms with Gasteiger partial charge in [-0.2, -0.15) is 13.2 Å². The van der Waals surface area contributed by atoms with E-state index in [1.165, 1.54) is 6.07 Å². The summed E-state index contributed by atoms with van der Waals surface area (Å²) in [6.07, 6.45) is 0.378. The number of hydrogen-bond donors (Lipinski definition) is 0. The SMILES string of the molecule is CC(C)Oc1cc(C2=NOC3(CCCC3)C2)ccc1OCC(F)(F)F. The second-order valence-electron chi connectivity index (χ2n) is 6.93. The minimum atomic E-state index is -4.40. The number of oxime groups is 1. The van der Waals surface area contributed by atoms with Crippen LogP contribution in [0.25, 0.3) is 0 Å². The molecule has 138 valence electrons. The molecule has 1 aromatic carbocycles. The van der Waals surface area contributed by atoms with E-state index in [1.807, 2.05) is 13.8 Å². The molecule has 0 atom stereocenters. The fourth-order valence-corrected chi connectivity index (χ4v) is 3.28. The zero-order chi connectivity index (χ0) is 18.1. The number of ether oxygens (including phenoxy) is 2. The Labute approximate surface area is 144 Å². The van der Waals surface area contributed by atoms with Crippen LogP contribution in [0.15, 0.2) is 23.4 Å². The summed E-state index contributed by atoms with van der Waals surface area (Å²) in [5, 5.41) is 4.22. The first-order valence-corrected chi connectivity index (χ1v) is 8.52. The molecule has 0 unspecified atom stereocenters. The van der Waals surface area contributed by atoms with Crippen LogP contribution >= 0.6 is 0 Å². The lowest BCUT2D eigenvalue weighted by atomic mass is 9.93. The number of rotatable bonds is 5. The normalized spacial score (nSPS) is 19.2. The Hall–Kier alpha value is -1.92. The lowest BCUT2D eigenvalue weighted by Crippen LogP contribution is -2.24. The molecule has 0 N–H and O–H groups in total. The Balaban J connectivity index is 1.79. The Morgan fingerprint density at radius 1 is 1.20 bits per heavy atom. The average molecular weight is 357 g/mol. The van der Waals surface area contributed by atoms with E-state index < -0.39 is 12.8 Å². The fourth-order valence-electron chi connectivity index (χ4n) is 3.28. The molecule has 1 aromatic rings. The van der Waals surface area contributed by atoms with E-state index in [-0.39, 0.29) is 23.2 Å². The largest absolute Gasteiger partial charge is 0.487 e. The Morgan fingerprint density at radius 3 is 2.56 bits per heavy atom. The maximum absolute atomic E-state index is 12.4. The first-order valence-electron chi connectivity index (χ1n) is 8.52. The minimum absolute atomic E-state index is 0.0740. The second-order valence-corrected chi connectivity index (χ2v) is 6.93. The number of benzene rings is 1. The van der Waals surface area contributed by atoms with Gasteiger partial charge in [0.25, 0.3) is 0 Å². The third-order valence-electron chi connectivity index (χ3n) is 4.38. The van der Waals surface area contributed by atoms with Gasteiger partial charge in [0, 0.05) is 12.0 Å². The first kappa shape index (κ1) is 17.9. The molecule has 1 fully saturated rings. The van der Waals surface area contributed by atoms with Crippen LogP contribution in [0.1, 0.15) is 51.5 Å². The van der Waals surface area contributed by atoms with Crippen molar-refractivity contribution in [3.05, 3.63) is 23.8 Å². The molecule has 0 radical (unpaired) electrons. The van der Waals surface area contributed by atoms with Crippen molar-refractivity contribution >= 4 is 5.71 Å². The topological polar surface area (TPSA) is 40.0 Å². The van der Waals surface area contributed by atoms with E-state index >= 15 is 0 Å². The molecular weight excluding hydrogens is 335 g/mol. The Kier molecular flexibility index (Phi) is 4.84. The van der Waals surface area contributed by atoms with Gasteiger partial charge < -0.3 is 14.3 Å². The van der Waals surface area contributed by atoms with Gasteiger partial charge in [-0.1, -0.05) is 5.16 Å². The molecule has 1 aliphatic heterocycles. The predicted molar refractivity (Wildman–Crippen MR) is 87.2 cm³/mol. The van der Waals surface area contributed by atoms with E-state index in [4.69, 9.17) is 14.3 Å². The van der Waals surface area contributed by atoms with Crippen molar-refractivity contribution in [3.8, 4) is 11.5 Å². The molecule has 4 nitrogen and oxygen atoms in total. The number of nitrogens with zero attached hydrogens (tertiary/aromatic N) is 1.